The van der Waals surface area contributed by atoms with Crippen molar-refractivity contribution in [3.05, 3.63) is 0 Å². The monoisotopic (exact) mass is 186 g/mol. The Bertz CT molecular complexity index is 119. The van der Waals surface area contributed by atoms with E-state index in [9.17, 15) is 5.11 Å². The molecule has 13 heavy (non-hydrogen) atoms. The van der Waals surface area contributed by atoms with Crippen LogP contribution in [-0.4, -0.2) is 11.2 Å². The van der Waals surface area contributed by atoms with E-state index in [1.807, 2.05) is 0 Å². The highest BCUT2D eigenvalue weighted by Gasteiger charge is 2.25. The normalized spacial score (nSPS) is 15.0. The van der Waals surface area contributed by atoms with Crippen molar-refractivity contribution in [2.45, 2.75) is 54.1 Å². The number of aliphatic hydroxyl groups excluding tert-OH is 1. The summed E-state index contributed by atoms with van der Waals surface area (Å²) in [4.78, 5) is 0. The fourth-order valence-electron chi connectivity index (χ4n) is 2.30. The van der Waals surface area contributed by atoms with E-state index in [1.165, 1.54) is 0 Å². The van der Waals surface area contributed by atoms with E-state index >= 15 is 0 Å². The maximum absolute atomic E-state index is 10.0. The van der Waals surface area contributed by atoms with Gasteiger partial charge in [-0.25, -0.2) is 0 Å². The van der Waals surface area contributed by atoms with Gasteiger partial charge >= 0.3 is 0 Å². The first-order valence-corrected chi connectivity index (χ1v) is 5.54. The summed E-state index contributed by atoms with van der Waals surface area (Å²) in [6, 6.07) is 0. The maximum atomic E-state index is 10.0. The molecule has 1 atom stereocenters. The molecule has 0 aliphatic carbocycles. The Kier molecular flexibility index (Phi) is 5.62. The molecule has 0 heterocycles. The van der Waals surface area contributed by atoms with Crippen LogP contribution in [0.2, 0.25) is 0 Å². The average Bonchev–Trinajstić information content (AvgIpc) is 1.81. The molecular weight excluding hydrogens is 160 g/mol. The van der Waals surface area contributed by atoms with Gasteiger partial charge in [0, 0.05) is 0 Å². The first-order valence-electron chi connectivity index (χ1n) is 5.54. The molecule has 0 aromatic heterocycles. The van der Waals surface area contributed by atoms with Gasteiger partial charge in [0.05, 0.1) is 6.10 Å². The van der Waals surface area contributed by atoms with Gasteiger partial charge in [-0.15, -0.1) is 0 Å². The Hall–Kier alpha value is -0.0400. The Morgan fingerprint density at radius 2 is 1.23 bits per heavy atom. The van der Waals surface area contributed by atoms with Gasteiger partial charge in [-0.1, -0.05) is 41.5 Å². The molecule has 0 bridgehead atoms. The van der Waals surface area contributed by atoms with Crippen LogP contribution in [0.4, 0.5) is 0 Å². The first kappa shape index (κ1) is 13.0. The predicted octanol–water partition coefficient (Wildman–Crippen LogP) is 3.32. The van der Waals surface area contributed by atoms with Crippen LogP contribution < -0.4 is 0 Å². The highest BCUT2D eigenvalue weighted by molar-refractivity contribution is 4.75. The Balaban J connectivity index is 4.20. The minimum atomic E-state index is -0.125. The predicted molar refractivity (Wildman–Crippen MR) is 58.6 cm³/mol. The lowest BCUT2D eigenvalue weighted by molar-refractivity contribution is 0.0376. The average molecular weight is 186 g/mol. The lowest BCUT2D eigenvalue weighted by Gasteiger charge is -2.30. The Morgan fingerprint density at radius 3 is 1.46 bits per heavy atom. The third-order valence-corrected chi connectivity index (χ3v) is 2.70. The summed E-state index contributed by atoms with van der Waals surface area (Å²) < 4.78 is 0. The Labute approximate surface area is 83.5 Å². The molecule has 0 rings (SSSR count). The number of hydrogen-bond acceptors (Lipinski definition) is 1. The van der Waals surface area contributed by atoms with E-state index in [4.69, 9.17) is 0 Å². The third-order valence-electron chi connectivity index (χ3n) is 2.70. The van der Waals surface area contributed by atoms with Crippen molar-refractivity contribution in [1.82, 2.24) is 0 Å². The molecule has 0 aliphatic heterocycles. The van der Waals surface area contributed by atoms with E-state index in [-0.39, 0.29) is 6.10 Å². The molecule has 1 heteroatoms. The zero-order valence-electron chi connectivity index (χ0n) is 10.0. The van der Waals surface area contributed by atoms with Gasteiger partial charge in [0.15, 0.2) is 0 Å². The van der Waals surface area contributed by atoms with E-state index in [2.05, 4.69) is 41.5 Å². The van der Waals surface area contributed by atoms with Crippen LogP contribution in [0.15, 0.2) is 0 Å². The molecule has 0 amide bonds. The summed E-state index contributed by atoms with van der Waals surface area (Å²) in [5, 5.41) is 10.0. The quantitative estimate of drug-likeness (QED) is 0.698. The highest BCUT2D eigenvalue weighted by atomic mass is 16.3. The van der Waals surface area contributed by atoms with Gasteiger partial charge in [0.1, 0.15) is 0 Å². The van der Waals surface area contributed by atoms with Crippen molar-refractivity contribution in [3.8, 4) is 0 Å². The second-order valence-corrected chi connectivity index (χ2v) is 5.26. The fourth-order valence-corrected chi connectivity index (χ4v) is 2.30. The van der Waals surface area contributed by atoms with Crippen molar-refractivity contribution in [1.29, 1.82) is 0 Å². The van der Waals surface area contributed by atoms with Crippen LogP contribution in [0.3, 0.4) is 0 Å². The van der Waals surface area contributed by atoms with Gasteiger partial charge < -0.3 is 5.11 Å². The molecule has 1 N–H and O–H groups in total. The highest BCUT2D eigenvalue weighted by Crippen LogP contribution is 2.27. The summed E-state index contributed by atoms with van der Waals surface area (Å²) in [6.45, 7) is 13.1. The lowest BCUT2D eigenvalue weighted by atomic mass is 9.79. The number of hydrogen-bond donors (Lipinski definition) is 1. The van der Waals surface area contributed by atoms with Crippen LogP contribution >= 0.6 is 0 Å². The van der Waals surface area contributed by atoms with Crippen molar-refractivity contribution in [2.75, 3.05) is 0 Å². The van der Waals surface area contributed by atoms with E-state index in [1.54, 1.807) is 0 Å². The molecule has 0 aromatic carbocycles. The van der Waals surface area contributed by atoms with Crippen molar-refractivity contribution in [3.63, 3.8) is 0 Å². The van der Waals surface area contributed by atoms with Crippen molar-refractivity contribution < 1.29 is 5.11 Å². The summed E-state index contributed by atoms with van der Waals surface area (Å²) in [6.07, 6.45) is 0.807. The molecule has 80 valence electrons. The van der Waals surface area contributed by atoms with Crippen LogP contribution in [0.25, 0.3) is 0 Å². The van der Waals surface area contributed by atoms with E-state index in [0.29, 0.717) is 23.7 Å². The molecule has 0 aliphatic rings. The van der Waals surface area contributed by atoms with Crippen molar-refractivity contribution in [2.24, 2.45) is 23.7 Å². The van der Waals surface area contributed by atoms with Gasteiger partial charge in [-0.3, -0.25) is 0 Å². The maximum Gasteiger partial charge on any atom is 0.0575 e. The molecule has 0 fully saturated rings. The van der Waals surface area contributed by atoms with E-state index in [0.717, 1.165) is 6.42 Å². The zero-order valence-corrected chi connectivity index (χ0v) is 10.0. The third kappa shape index (κ3) is 4.66. The second kappa shape index (κ2) is 5.64. The fraction of sp³-hybridized carbons (Fsp3) is 1.00. The molecular formula is C12H26O. The Morgan fingerprint density at radius 1 is 0.846 bits per heavy atom. The second-order valence-electron chi connectivity index (χ2n) is 5.26. The molecule has 1 unspecified atom stereocenters. The summed E-state index contributed by atoms with van der Waals surface area (Å²) in [5.74, 6) is 2.19. The first-order chi connectivity index (χ1) is 5.86. The molecule has 0 spiro atoms. The zero-order chi connectivity index (χ0) is 10.6. The topological polar surface area (TPSA) is 20.2 Å². The van der Waals surface area contributed by atoms with Crippen LogP contribution in [0, 0.1) is 23.7 Å². The molecule has 0 aromatic rings. The molecule has 1 nitrogen and oxygen atoms in total. The SMILES string of the molecule is CC(C)CC(O)C(C(C)C)C(C)C. The van der Waals surface area contributed by atoms with Crippen LogP contribution in [0.1, 0.15) is 48.0 Å². The largest absolute Gasteiger partial charge is 0.393 e. The summed E-state index contributed by atoms with van der Waals surface area (Å²) >= 11 is 0. The van der Waals surface area contributed by atoms with Gasteiger partial charge in [-0.2, -0.15) is 0 Å². The van der Waals surface area contributed by atoms with Crippen LogP contribution in [0.5, 0.6) is 0 Å². The molecule has 0 radical (unpaired) electrons. The smallest absolute Gasteiger partial charge is 0.0575 e. The lowest BCUT2D eigenvalue weighted by Crippen LogP contribution is -2.30. The summed E-state index contributed by atoms with van der Waals surface area (Å²) in [5.41, 5.74) is 0. The summed E-state index contributed by atoms with van der Waals surface area (Å²) in [7, 11) is 0. The standard InChI is InChI=1S/C12H26O/c1-8(2)7-11(13)12(9(3)4)10(5)6/h8-13H,7H2,1-6H3. The van der Waals surface area contributed by atoms with E-state index < -0.39 is 0 Å². The van der Waals surface area contributed by atoms with Gasteiger partial charge in [0.2, 0.25) is 0 Å². The minimum absolute atomic E-state index is 0.125. The van der Waals surface area contributed by atoms with Gasteiger partial charge in [-0.05, 0) is 30.1 Å². The van der Waals surface area contributed by atoms with Crippen LogP contribution in [-0.2, 0) is 0 Å². The number of aliphatic hydroxyl groups is 1. The van der Waals surface area contributed by atoms with Gasteiger partial charge in [0.25, 0.3) is 0 Å². The van der Waals surface area contributed by atoms with Crippen molar-refractivity contribution >= 4 is 0 Å². The molecule has 0 saturated heterocycles. The number of rotatable bonds is 5. The molecule has 0 saturated carbocycles. The minimum Gasteiger partial charge on any atom is -0.393 e.